The molecule has 4 heteroatoms. The van der Waals surface area contributed by atoms with Gasteiger partial charge in [-0.25, -0.2) is 0 Å². The largest absolute Gasteiger partial charge is 0.688 e. The Hall–Kier alpha value is 0.404. The summed E-state index contributed by atoms with van der Waals surface area (Å²) < 4.78 is 1.89. The second-order valence-corrected chi connectivity index (χ2v) is 2.75. The fourth-order valence-electron chi connectivity index (χ4n) is 0.808. The number of rotatable bonds is 0. The first-order valence-electron chi connectivity index (χ1n) is 3.12. The predicted molar refractivity (Wildman–Crippen MR) is 40.5 cm³/mol. The Balaban J connectivity index is 0.000001000. The van der Waals surface area contributed by atoms with Gasteiger partial charge >= 0.3 is 0 Å². The van der Waals surface area contributed by atoms with Crippen LogP contribution in [0, 0.1) is 13.8 Å². The van der Waals surface area contributed by atoms with Crippen molar-refractivity contribution in [2.75, 3.05) is 0 Å². The van der Waals surface area contributed by atoms with Gasteiger partial charge in [0.2, 0.25) is 0 Å². The summed E-state index contributed by atoms with van der Waals surface area (Å²) in [4.78, 5) is 4.11. The van der Waals surface area contributed by atoms with E-state index in [0.29, 0.717) is 5.16 Å². The smallest absolute Gasteiger partial charge is 0.181 e. The number of nitrogens with zero attached hydrogens (tertiary/aromatic N) is 2. The predicted octanol–water partition coefficient (Wildman–Crippen LogP) is 0.426. The Morgan fingerprint density at radius 2 is 2.00 bits per heavy atom. The summed E-state index contributed by atoms with van der Waals surface area (Å²) in [5.74, 6) is 0. The SMILES string of the molecule is Cc1cc(C)[n+](C)c([S-])n1.[Y]. The van der Waals surface area contributed by atoms with E-state index in [9.17, 15) is 0 Å². The molecule has 0 aromatic carbocycles. The van der Waals surface area contributed by atoms with Crippen molar-refractivity contribution >= 4 is 12.6 Å². The van der Waals surface area contributed by atoms with Crippen LogP contribution in [0.2, 0.25) is 0 Å². The molecule has 0 bridgehead atoms. The summed E-state index contributed by atoms with van der Waals surface area (Å²) in [6.07, 6.45) is 0. The van der Waals surface area contributed by atoms with Crippen LogP contribution in [-0.2, 0) is 52.4 Å². The molecule has 0 spiro atoms. The molecule has 0 atom stereocenters. The van der Waals surface area contributed by atoms with Crippen molar-refractivity contribution in [2.24, 2.45) is 7.05 Å². The zero-order valence-electron chi connectivity index (χ0n) is 6.96. The minimum absolute atomic E-state index is 0. The first kappa shape index (κ1) is 11.4. The fraction of sp³-hybridized carbons (Fsp3) is 0.429. The Labute approximate surface area is 97.7 Å². The van der Waals surface area contributed by atoms with E-state index in [0.717, 1.165) is 11.4 Å². The van der Waals surface area contributed by atoms with Crippen LogP contribution in [0.1, 0.15) is 11.4 Å². The van der Waals surface area contributed by atoms with E-state index in [1.54, 1.807) is 0 Å². The average molecular weight is 243 g/mol. The van der Waals surface area contributed by atoms with Gasteiger partial charge in [-0.3, -0.25) is 4.57 Å². The Morgan fingerprint density at radius 1 is 1.45 bits per heavy atom. The molecule has 0 aliphatic rings. The maximum atomic E-state index is 4.98. The maximum absolute atomic E-state index is 4.98. The van der Waals surface area contributed by atoms with Gasteiger partial charge in [0.15, 0.2) is 10.9 Å². The molecular weight excluding hydrogens is 233 g/mol. The second kappa shape index (κ2) is 4.43. The number of aryl methyl sites for hydroxylation is 2. The normalized spacial score (nSPS) is 9.00. The van der Waals surface area contributed by atoms with E-state index < -0.39 is 0 Å². The van der Waals surface area contributed by atoms with Crippen molar-refractivity contribution in [3.63, 3.8) is 0 Å². The molecule has 0 fully saturated rings. The zero-order chi connectivity index (χ0) is 7.72. The fourth-order valence-corrected chi connectivity index (χ4v) is 1.10. The molecule has 0 amide bonds. The third-order valence-electron chi connectivity index (χ3n) is 1.51. The van der Waals surface area contributed by atoms with Crippen LogP contribution in [0.3, 0.4) is 0 Å². The molecular formula is C7H10N2SY. The first-order chi connectivity index (χ1) is 4.61. The van der Waals surface area contributed by atoms with Gasteiger partial charge in [0.25, 0.3) is 0 Å². The third kappa shape index (κ3) is 2.73. The molecule has 1 aromatic heterocycles. The van der Waals surface area contributed by atoms with Crippen LogP contribution in [-0.4, -0.2) is 4.98 Å². The topological polar surface area (TPSA) is 16.8 Å². The van der Waals surface area contributed by atoms with Crippen LogP contribution in [0.4, 0.5) is 0 Å². The van der Waals surface area contributed by atoms with Gasteiger partial charge in [0.1, 0.15) is 5.69 Å². The maximum Gasteiger partial charge on any atom is 0.181 e. The summed E-state index contributed by atoms with van der Waals surface area (Å²) in [5, 5.41) is 0.650. The van der Waals surface area contributed by atoms with Crippen molar-refractivity contribution < 1.29 is 37.3 Å². The quantitative estimate of drug-likeness (QED) is 0.373. The minimum atomic E-state index is 0. The molecule has 11 heavy (non-hydrogen) atoms. The monoisotopic (exact) mass is 243 g/mol. The summed E-state index contributed by atoms with van der Waals surface area (Å²) >= 11 is 4.98. The molecule has 1 heterocycles. The standard InChI is InChI=1S/C7H10N2S.Y/c1-5-4-6(2)9(3)7(10)8-5;/h4H,1-3H3;. The summed E-state index contributed by atoms with van der Waals surface area (Å²) in [6.45, 7) is 3.97. The van der Waals surface area contributed by atoms with E-state index >= 15 is 0 Å². The van der Waals surface area contributed by atoms with E-state index in [1.165, 1.54) is 0 Å². The van der Waals surface area contributed by atoms with Crippen molar-refractivity contribution in [3.05, 3.63) is 17.5 Å². The minimum Gasteiger partial charge on any atom is -0.688 e. The summed E-state index contributed by atoms with van der Waals surface area (Å²) in [5.41, 5.74) is 2.14. The van der Waals surface area contributed by atoms with Crippen LogP contribution >= 0.6 is 0 Å². The van der Waals surface area contributed by atoms with Crippen LogP contribution < -0.4 is 4.57 Å². The Morgan fingerprint density at radius 3 is 2.45 bits per heavy atom. The van der Waals surface area contributed by atoms with Crippen molar-refractivity contribution in [1.29, 1.82) is 0 Å². The molecule has 0 saturated carbocycles. The number of hydrogen-bond acceptors (Lipinski definition) is 2. The Kier molecular flexibility index (Phi) is 4.60. The van der Waals surface area contributed by atoms with Gasteiger partial charge < -0.3 is 12.6 Å². The molecule has 0 saturated heterocycles. The number of aromatic nitrogens is 2. The zero-order valence-corrected chi connectivity index (χ0v) is 10.6. The van der Waals surface area contributed by atoms with Gasteiger partial charge in [-0.05, 0) is 6.92 Å². The van der Waals surface area contributed by atoms with Crippen LogP contribution in [0.15, 0.2) is 11.2 Å². The summed E-state index contributed by atoms with van der Waals surface area (Å²) in [7, 11) is 1.92. The average Bonchev–Trinajstić information content (AvgIpc) is 1.82. The molecule has 0 N–H and O–H groups in total. The molecule has 2 nitrogen and oxygen atoms in total. The molecule has 1 aromatic rings. The van der Waals surface area contributed by atoms with E-state index in [1.807, 2.05) is 31.5 Å². The molecule has 0 aliphatic heterocycles. The van der Waals surface area contributed by atoms with Gasteiger partial charge in [-0.15, -0.1) is 0 Å². The second-order valence-electron chi connectivity index (χ2n) is 2.38. The molecule has 57 valence electrons. The van der Waals surface area contributed by atoms with E-state index in [2.05, 4.69) is 4.98 Å². The van der Waals surface area contributed by atoms with Gasteiger partial charge in [0, 0.05) is 45.7 Å². The van der Waals surface area contributed by atoms with Gasteiger partial charge in [-0.2, -0.15) is 0 Å². The Bertz CT molecular complexity index is 240. The number of hydrogen-bond donors (Lipinski definition) is 0. The van der Waals surface area contributed by atoms with Gasteiger partial charge in [0.05, 0.1) is 7.05 Å². The molecule has 0 unspecified atom stereocenters. The molecule has 0 aliphatic carbocycles. The molecule has 1 radical (unpaired) electrons. The first-order valence-corrected chi connectivity index (χ1v) is 3.53. The van der Waals surface area contributed by atoms with Gasteiger partial charge in [-0.1, -0.05) is 4.98 Å². The third-order valence-corrected chi connectivity index (χ3v) is 1.87. The van der Waals surface area contributed by atoms with Crippen molar-refractivity contribution in [2.45, 2.75) is 19.0 Å². The van der Waals surface area contributed by atoms with Crippen LogP contribution in [0.5, 0.6) is 0 Å². The van der Waals surface area contributed by atoms with Crippen molar-refractivity contribution in [1.82, 2.24) is 4.98 Å². The summed E-state index contributed by atoms with van der Waals surface area (Å²) in [6, 6.07) is 2.01. The molecule has 1 rings (SSSR count). The van der Waals surface area contributed by atoms with E-state index in [4.69, 9.17) is 12.6 Å². The van der Waals surface area contributed by atoms with E-state index in [-0.39, 0.29) is 32.7 Å². The van der Waals surface area contributed by atoms with Crippen molar-refractivity contribution in [3.8, 4) is 0 Å². The van der Waals surface area contributed by atoms with Crippen LogP contribution in [0.25, 0.3) is 0 Å².